The van der Waals surface area contributed by atoms with Crippen LogP contribution in [0.4, 0.5) is 0 Å². The number of amides is 3. The van der Waals surface area contributed by atoms with Gasteiger partial charge in [0.2, 0.25) is 17.7 Å². The average Bonchev–Trinajstić information content (AvgIpc) is 3.26. The predicted octanol–water partition coefficient (Wildman–Crippen LogP) is 0.580. The van der Waals surface area contributed by atoms with Crippen molar-refractivity contribution in [2.24, 2.45) is 23.3 Å². The molecule has 0 aliphatic carbocycles. The Bertz CT molecular complexity index is 672. The fourth-order valence-corrected chi connectivity index (χ4v) is 3.99. The number of carbonyl (C=O) groups is 4. The summed E-state index contributed by atoms with van der Waals surface area (Å²) in [5, 5.41) is 14.8. The summed E-state index contributed by atoms with van der Waals surface area (Å²) in [6, 6.07) is -3.31. The first-order valence-corrected chi connectivity index (χ1v) is 12.1. The number of carboxylic acids is 1. The molecule has 7 N–H and O–H groups in total. The molecule has 1 aliphatic rings. The van der Waals surface area contributed by atoms with E-state index >= 15 is 0 Å². The molecule has 33 heavy (non-hydrogen) atoms. The van der Waals surface area contributed by atoms with E-state index in [9.17, 15) is 24.3 Å². The predicted molar refractivity (Wildman–Crippen MR) is 126 cm³/mol. The van der Waals surface area contributed by atoms with Crippen LogP contribution in [-0.2, 0) is 19.2 Å². The molecule has 0 spiro atoms. The molecule has 0 aromatic heterocycles. The van der Waals surface area contributed by atoms with E-state index in [1.807, 2.05) is 27.7 Å². The number of nitrogens with two attached hydrogens (primary N) is 2. The molecular weight excluding hydrogens is 426 g/mol. The number of aliphatic carboxylic acids is 1. The Morgan fingerprint density at radius 2 is 1.76 bits per heavy atom. The zero-order valence-electron chi connectivity index (χ0n) is 20.5. The van der Waals surface area contributed by atoms with E-state index in [-0.39, 0.29) is 24.2 Å². The highest BCUT2D eigenvalue weighted by molar-refractivity contribution is 5.94. The number of carboxylic acid groups (broad SMARTS) is 1. The normalized spacial score (nSPS) is 19.6. The van der Waals surface area contributed by atoms with Gasteiger partial charge in [0.05, 0.1) is 6.04 Å². The number of unbranched alkanes of at least 4 members (excludes halogenated alkanes) is 1. The summed E-state index contributed by atoms with van der Waals surface area (Å²) >= 11 is 0. The molecule has 10 nitrogen and oxygen atoms in total. The number of hydrogen-bond acceptors (Lipinski definition) is 6. The van der Waals surface area contributed by atoms with Gasteiger partial charge >= 0.3 is 5.97 Å². The van der Waals surface area contributed by atoms with Crippen LogP contribution in [0.5, 0.6) is 0 Å². The lowest BCUT2D eigenvalue weighted by molar-refractivity contribution is -0.143. The minimum atomic E-state index is -1.12. The molecule has 1 fully saturated rings. The van der Waals surface area contributed by atoms with Crippen LogP contribution in [-0.4, -0.2) is 71.0 Å². The molecule has 0 bridgehead atoms. The third-order valence-corrected chi connectivity index (χ3v) is 6.28. The number of nitrogens with one attached hydrogen (secondary N) is 2. The van der Waals surface area contributed by atoms with Crippen molar-refractivity contribution < 1.29 is 24.3 Å². The summed E-state index contributed by atoms with van der Waals surface area (Å²) in [7, 11) is 0. The van der Waals surface area contributed by atoms with Crippen molar-refractivity contribution in [2.45, 2.75) is 96.8 Å². The summed E-state index contributed by atoms with van der Waals surface area (Å²) in [4.78, 5) is 52.0. The topological polar surface area (TPSA) is 168 Å². The monoisotopic (exact) mass is 469 g/mol. The fourth-order valence-electron chi connectivity index (χ4n) is 3.99. The van der Waals surface area contributed by atoms with Gasteiger partial charge in [-0.1, -0.05) is 34.1 Å². The van der Waals surface area contributed by atoms with Gasteiger partial charge in [-0.2, -0.15) is 0 Å². The van der Waals surface area contributed by atoms with Gasteiger partial charge in [-0.25, -0.2) is 4.79 Å². The van der Waals surface area contributed by atoms with Crippen molar-refractivity contribution in [1.29, 1.82) is 0 Å². The molecular formula is C23H43N5O5. The van der Waals surface area contributed by atoms with Gasteiger partial charge in [0.1, 0.15) is 18.1 Å². The second-order valence-corrected chi connectivity index (χ2v) is 9.48. The van der Waals surface area contributed by atoms with E-state index < -0.39 is 42.0 Å². The van der Waals surface area contributed by atoms with Gasteiger partial charge in [0.25, 0.3) is 0 Å². The summed E-state index contributed by atoms with van der Waals surface area (Å²) in [5.41, 5.74) is 11.7. The molecule has 3 amide bonds. The Balaban J connectivity index is 2.93. The molecule has 0 radical (unpaired) electrons. The van der Waals surface area contributed by atoms with Crippen molar-refractivity contribution in [2.75, 3.05) is 13.1 Å². The first-order valence-electron chi connectivity index (χ1n) is 12.1. The Kier molecular flexibility index (Phi) is 12.4. The van der Waals surface area contributed by atoms with Crippen LogP contribution in [0.25, 0.3) is 0 Å². The Morgan fingerprint density at radius 3 is 2.30 bits per heavy atom. The van der Waals surface area contributed by atoms with Gasteiger partial charge in [-0.3, -0.25) is 14.4 Å². The molecule has 0 aromatic rings. The van der Waals surface area contributed by atoms with Crippen LogP contribution in [0, 0.1) is 11.8 Å². The molecule has 1 saturated heterocycles. The first-order chi connectivity index (χ1) is 15.5. The van der Waals surface area contributed by atoms with Gasteiger partial charge in [0.15, 0.2) is 0 Å². The molecule has 1 heterocycles. The molecule has 1 rings (SSSR count). The van der Waals surface area contributed by atoms with Crippen LogP contribution in [0.1, 0.15) is 72.6 Å². The van der Waals surface area contributed by atoms with Crippen LogP contribution < -0.4 is 22.1 Å². The van der Waals surface area contributed by atoms with Crippen molar-refractivity contribution in [1.82, 2.24) is 15.5 Å². The molecule has 1 aliphatic heterocycles. The van der Waals surface area contributed by atoms with Crippen LogP contribution in [0.3, 0.4) is 0 Å². The number of nitrogens with zero attached hydrogens (tertiary/aromatic N) is 1. The van der Waals surface area contributed by atoms with E-state index in [2.05, 4.69) is 10.6 Å². The molecule has 0 saturated carbocycles. The molecule has 5 unspecified atom stereocenters. The second kappa shape index (κ2) is 14.1. The Hall–Kier alpha value is -2.20. The minimum Gasteiger partial charge on any atom is -0.480 e. The lowest BCUT2D eigenvalue weighted by atomic mass is 9.98. The van der Waals surface area contributed by atoms with Crippen molar-refractivity contribution in [3.8, 4) is 0 Å². The lowest BCUT2D eigenvalue weighted by Crippen LogP contribution is -2.57. The van der Waals surface area contributed by atoms with E-state index in [0.29, 0.717) is 45.2 Å². The minimum absolute atomic E-state index is 0.00879. The molecule has 5 atom stereocenters. The second-order valence-electron chi connectivity index (χ2n) is 9.48. The van der Waals surface area contributed by atoms with Crippen molar-refractivity contribution in [3.63, 3.8) is 0 Å². The van der Waals surface area contributed by atoms with E-state index in [1.165, 1.54) is 4.90 Å². The van der Waals surface area contributed by atoms with Crippen LogP contribution in [0.15, 0.2) is 0 Å². The number of carbonyl (C=O) groups excluding carboxylic acids is 3. The summed E-state index contributed by atoms with van der Waals surface area (Å²) < 4.78 is 0. The standard InChI is InChI=1S/C23H43N5O5/c1-5-15(4)19(25)22(31)28-12-8-10-18(28)21(30)26-16(9-6-7-11-24)20(29)27-17(23(32)33)13-14(2)3/h14-19H,5-13,24-25H2,1-4H3,(H,26,30)(H,27,29)(H,32,33). The lowest BCUT2D eigenvalue weighted by Gasteiger charge is -2.30. The van der Waals surface area contributed by atoms with Gasteiger partial charge in [-0.15, -0.1) is 0 Å². The number of rotatable bonds is 14. The van der Waals surface area contributed by atoms with Gasteiger partial charge < -0.3 is 32.1 Å². The Morgan fingerprint density at radius 1 is 1.09 bits per heavy atom. The maximum atomic E-state index is 13.1. The van der Waals surface area contributed by atoms with Crippen molar-refractivity contribution in [3.05, 3.63) is 0 Å². The number of hydrogen-bond donors (Lipinski definition) is 5. The molecule has 10 heteroatoms. The highest BCUT2D eigenvalue weighted by atomic mass is 16.4. The summed E-state index contributed by atoms with van der Waals surface area (Å²) in [6.45, 7) is 8.50. The zero-order chi connectivity index (χ0) is 25.1. The maximum absolute atomic E-state index is 13.1. The number of likely N-dealkylation sites (tertiary alicyclic amines) is 1. The van der Waals surface area contributed by atoms with Crippen LogP contribution >= 0.6 is 0 Å². The third-order valence-electron chi connectivity index (χ3n) is 6.28. The first kappa shape index (κ1) is 28.8. The van der Waals surface area contributed by atoms with Gasteiger partial charge in [-0.05, 0) is 56.9 Å². The zero-order valence-corrected chi connectivity index (χ0v) is 20.5. The molecule has 0 aromatic carbocycles. The summed E-state index contributed by atoms with van der Waals surface area (Å²) in [5.74, 6) is -2.26. The SMILES string of the molecule is CCC(C)C(N)C(=O)N1CCCC1C(=O)NC(CCCCN)C(=O)NC(CC(C)C)C(=O)O. The van der Waals surface area contributed by atoms with E-state index in [0.717, 1.165) is 6.42 Å². The van der Waals surface area contributed by atoms with E-state index in [4.69, 9.17) is 11.5 Å². The summed E-state index contributed by atoms with van der Waals surface area (Å²) in [6.07, 6.45) is 3.80. The smallest absolute Gasteiger partial charge is 0.326 e. The Labute approximate surface area is 197 Å². The average molecular weight is 470 g/mol. The maximum Gasteiger partial charge on any atom is 0.326 e. The van der Waals surface area contributed by atoms with Crippen LogP contribution in [0.2, 0.25) is 0 Å². The molecule has 190 valence electrons. The largest absolute Gasteiger partial charge is 0.480 e. The van der Waals surface area contributed by atoms with Crippen molar-refractivity contribution >= 4 is 23.7 Å². The van der Waals surface area contributed by atoms with E-state index in [1.54, 1.807) is 0 Å². The highest BCUT2D eigenvalue weighted by Gasteiger charge is 2.38. The quantitative estimate of drug-likeness (QED) is 0.232. The third kappa shape index (κ3) is 8.92. The highest BCUT2D eigenvalue weighted by Crippen LogP contribution is 2.21. The van der Waals surface area contributed by atoms with Gasteiger partial charge in [0, 0.05) is 6.54 Å². The fraction of sp³-hybridized carbons (Fsp3) is 0.826.